The maximum absolute atomic E-state index is 13.0. The topological polar surface area (TPSA) is 106 Å². The molecule has 1 aliphatic heterocycles. The molecule has 3 aromatic rings. The Kier molecular flexibility index (Phi) is 7.11. The van der Waals surface area contributed by atoms with Crippen LogP contribution in [0.15, 0.2) is 70.2 Å². The maximum atomic E-state index is 13.0. The first-order valence-corrected chi connectivity index (χ1v) is 12.7. The lowest BCUT2D eigenvalue weighted by Crippen LogP contribution is -2.53. The van der Waals surface area contributed by atoms with Gasteiger partial charge in [0.2, 0.25) is 10.0 Å². The summed E-state index contributed by atoms with van der Waals surface area (Å²) in [5, 5.41) is 8.17. The second-order valence-corrected chi connectivity index (χ2v) is 10.5. The first kappa shape index (κ1) is 23.4. The van der Waals surface area contributed by atoms with E-state index in [1.807, 2.05) is 30.3 Å². The highest BCUT2D eigenvalue weighted by molar-refractivity contribution is 9.10. The summed E-state index contributed by atoms with van der Waals surface area (Å²) in [5.74, 6) is 0. The Labute approximate surface area is 200 Å². The molecule has 0 spiro atoms. The van der Waals surface area contributed by atoms with E-state index in [-0.39, 0.29) is 18.0 Å². The number of likely N-dealkylation sites (tertiary alicyclic amines) is 1. The van der Waals surface area contributed by atoms with Crippen LogP contribution in [0.3, 0.4) is 0 Å². The number of sulfonamides is 1. The molecule has 0 aliphatic carbocycles. The lowest BCUT2D eigenvalue weighted by atomic mass is 10.0. The molecule has 4 rings (SSSR count). The number of hydrogen-bond acceptors (Lipinski definition) is 6. The molecule has 1 aliphatic rings. The molecule has 11 heteroatoms. The van der Waals surface area contributed by atoms with Gasteiger partial charge in [0.25, 0.3) is 0 Å². The van der Waals surface area contributed by atoms with E-state index in [1.54, 1.807) is 34.8 Å². The number of amides is 1. The van der Waals surface area contributed by atoms with Gasteiger partial charge in [-0.25, -0.2) is 22.6 Å². The van der Waals surface area contributed by atoms with E-state index in [2.05, 4.69) is 31.0 Å². The predicted molar refractivity (Wildman–Crippen MR) is 125 cm³/mol. The zero-order valence-corrected chi connectivity index (χ0v) is 20.4. The van der Waals surface area contributed by atoms with Crippen molar-refractivity contribution in [1.29, 1.82) is 0 Å². The lowest BCUT2D eigenvalue weighted by Gasteiger charge is -2.37. The molecule has 1 N–H and O–H groups in total. The molecule has 174 valence electrons. The largest absolute Gasteiger partial charge is 0.445 e. The quantitative estimate of drug-likeness (QED) is 0.521. The minimum Gasteiger partial charge on any atom is -0.445 e. The Morgan fingerprint density at radius 3 is 2.58 bits per heavy atom. The molecule has 1 amide bonds. The van der Waals surface area contributed by atoms with Crippen molar-refractivity contribution in [3.63, 3.8) is 0 Å². The van der Waals surface area contributed by atoms with Crippen molar-refractivity contribution in [1.82, 2.24) is 24.6 Å². The molecule has 1 aromatic heterocycles. The Hall–Kier alpha value is -2.76. The molecule has 0 radical (unpaired) electrons. The first-order valence-electron chi connectivity index (χ1n) is 10.4. The highest BCUT2D eigenvalue weighted by Gasteiger charge is 2.36. The molecular formula is C22H24BrN5O4S. The van der Waals surface area contributed by atoms with E-state index in [9.17, 15) is 13.2 Å². The van der Waals surface area contributed by atoms with Crippen molar-refractivity contribution in [2.75, 3.05) is 13.1 Å². The van der Waals surface area contributed by atoms with E-state index in [0.29, 0.717) is 18.7 Å². The van der Waals surface area contributed by atoms with Gasteiger partial charge >= 0.3 is 6.09 Å². The van der Waals surface area contributed by atoms with Crippen molar-refractivity contribution in [3.8, 4) is 0 Å². The Bertz CT molecular complexity index is 1200. The summed E-state index contributed by atoms with van der Waals surface area (Å²) in [4.78, 5) is 14.5. The van der Waals surface area contributed by atoms with Crippen LogP contribution in [0.25, 0.3) is 0 Å². The van der Waals surface area contributed by atoms with Crippen LogP contribution in [-0.2, 0) is 21.4 Å². The number of rotatable bonds is 6. The molecule has 1 fully saturated rings. The van der Waals surface area contributed by atoms with Crippen LogP contribution in [0.1, 0.15) is 23.7 Å². The standard InChI is InChI=1S/C22H24BrN5O4S/c1-16-13-28(26-24-16)21-14-27(22(29)32-15-17-5-3-2-4-6-17)12-11-20(21)25-33(30,31)19-9-7-18(23)8-10-19/h2-10,13,20-21,25H,11-12,14-15H2,1H3/t20-,21-/m1/s1. The molecule has 1 saturated heterocycles. The summed E-state index contributed by atoms with van der Waals surface area (Å²) in [6, 6.07) is 15.0. The monoisotopic (exact) mass is 533 g/mol. The average molecular weight is 534 g/mol. The third-order valence-electron chi connectivity index (χ3n) is 5.44. The SMILES string of the molecule is Cc1cn([C@@H]2CN(C(=O)OCc3ccccc3)CC[C@H]2NS(=O)(=O)c2ccc(Br)cc2)nn1. The summed E-state index contributed by atoms with van der Waals surface area (Å²) in [6.45, 7) is 2.57. The molecule has 0 saturated carbocycles. The second kappa shape index (κ2) is 10.0. The fourth-order valence-electron chi connectivity index (χ4n) is 3.72. The van der Waals surface area contributed by atoms with Crippen LogP contribution in [0, 0.1) is 6.92 Å². The highest BCUT2D eigenvalue weighted by Crippen LogP contribution is 2.25. The van der Waals surface area contributed by atoms with Crippen molar-refractivity contribution < 1.29 is 17.9 Å². The number of halogens is 1. The molecule has 33 heavy (non-hydrogen) atoms. The number of nitrogens with zero attached hydrogens (tertiary/aromatic N) is 4. The zero-order valence-electron chi connectivity index (χ0n) is 18.0. The maximum Gasteiger partial charge on any atom is 0.410 e. The summed E-state index contributed by atoms with van der Waals surface area (Å²) >= 11 is 3.32. The predicted octanol–water partition coefficient (Wildman–Crippen LogP) is 3.28. The molecule has 0 bridgehead atoms. The smallest absolute Gasteiger partial charge is 0.410 e. The number of piperidine rings is 1. The van der Waals surface area contributed by atoms with Gasteiger partial charge in [-0.05, 0) is 43.2 Å². The number of benzene rings is 2. The summed E-state index contributed by atoms with van der Waals surface area (Å²) in [7, 11) is -3.76. The van der Waals surface area contributed by atoms with Crippen molar-refractivity contribution in [3.05, 3.63) is 76.5 Å². The van der Waals surface area contributed by atoms with Gasteiger partial charge in [-0.2, -0.15) is 0 Å². The lowest BCUT2D eigenvalue weighted by molar-refractivity contribution is 0.0727. The van der Waals surface area contributed by atoms with E-state index in [0.717, 1.165) is 10.0 Å². The molecule has 2 atom stereocenters. The number of aryl methyl sites for hydroxylation is 1. The first-order chi connectivity index (χ1) is 15.8. The van der Waals surface area contributed by atoms with Gasteiger partial charge in [0.1, 0.15) is 6.61 Å². The third kappa shape index (κ3) is 5.79. The van der Waals surface area contributed by atoms with Crippen LogP contribution >= 0.6 is 15.9 Å². The number of aromatic nitrogens is 3. The van der Waals surface area contributed by atoms with Crippen LogP contribution < -0.4 is 4.72 Å². The summed E-state index contributed by atoms with van der Waals surface area (Å²) in [5.41, 5.74) is 1.60. The summed E-state index contributed by atoms with van der Waals surface area (Å²) in [6.07, 6.45) is 1.69. The highest BCUT2D eigenvalue weighted by atomic mass is 79.9. The molecule has 9 nitrogen and oxygen atoms in total. The molecule has 0 unspecified atom stereocenters. The minimum atomic E-state index is -3.76. The fraction of sp³-hybridized carbons (Fsp3) is 0.318. The number of nitrogens with one attached hydrogen (secondary N) is 1. The number of carbonyl (C=O) groups excluding carboxylic acids is 1. The van der Waals surface area contributed by atoms with Crippen LogP contribution in [0.2, 0.25) is 0 Å². The summed E-state index contributed by atoms with van der Waals surface area (Å²) < 4.78 is 36.7. The van der Waals surface area contributed by atoms with Gasteiger partial charge < -0.3 is 9.64 Å². The second-order valence-electron chi connectivity index (χ2n) is 7.86. The Morgan fingerprint density at radius 1 is 1.18 bits per heavy atom. The molecule has 2 aromatic carbocycles. The molecular weight excluding hydrogens is 510 g/mol. The number of carbonyl (C=O) groups is 1. The van der Waals surface area contributed by atoms with Gasteiger partial charge in [-0.15, -0.1) is 5.10 Å². The van der Waals surface area contributed by atoms with E-state index < -0.39 is 28.2 Å². The van der Waals surface area contributed by atoms with Gasteiger partial charge in [0.05, 0.1) is 16.6 Å². The van der Waals surface area contributed by atoms with Gasteiger partial charge in [-0.3, -0.25) is 0 Å². The van der Waals surface area contributed by atoms with Crippen molar-refractivity contribution in [2.24, 2.45) is 0 Å². The van der Waals surface area contributed by atoms with E-state index in [1.165, 1.54) is 12.1 Å². The zero-order chi connectivity index (χ0) is 23.4. The average Bonchev–Trinajstić information content (AvgIpc) is 3.24. The number of ether oxygens (including phenoxy) is 1. The van der Waals surface area contributed by atoms with Crippen LogP contribution in [-0.4, -0.2) is 53.5 Å². The van der Waals surface area contributed by atoms with Crippen molar-refractivity contribution in [2.45, 2.75) is 36.9 Å². The minimum absolute atomic E-state index is 0.170. The van der Waals surface area contributed by atoms with Crippen LogP contribution in [0.4, 0.5) is 4.79 Å². The normalized spacial score (nSPS) is 18.8. The van der Waals surface area contributed by atoms with Gasteiger partial charge in [0.15, 0.2) is 0 Å². The van der Waals surface area contributed by atoms with Gasteiger partial charge in [-0.1, -0.05) is 51.5 Å². The van der Waals surface area contributed by atoms with Crippen molar-refractivity contribution >= 4 is 32.0 Å². The van der Waals surface area contributed by atoms with E-state index >= 15 is 0 Å². The van der Waals surface area contributed by atoms with E-state index in [4.69, 9.17) is 4.74 Å². The van der Waals surface area contributed by atoms with Gasteiger partial charge in [0, 0.05) is 29.8 Å². The Morgan fingerprint density at radius 2 is 1.91 bits per heavy atom. The third-order valence-corrected chi connectivity index (χ3v) is 7.47. The molecule has 2 heterocycles. The fourth-order valence-corrected chi connectivity index (χ4v) is 5.29. The Balaban J connectivity index is 1.49. The van der Waals surface area contributed by atoms with Crippen LogP contribution in [0.5, 0.6) is 0 Å². The number of hydrogen-bond donors (Lipinski definition) is 1.